The third-order valence-electron chi connectivity index (χ3n) is 4.02. The molecule has 102 valence electrons. The molecule has 0 radical (unpaired) electrons. The lowest BCUT2D eigenvalue weighted by Crippen LogP contribution is -2.29. The molecule has 0 spiro atoms. The molecule has 0 aliphatic carbocycles. The van der Waals surface area contributed by atoms with Gasteiger partial charge in [-0.1, -0.05) is 15.9 Å². The number of nitrogens with zero attached hydrogens (tertiary/aromatic N) is 2. The molecule has 2 saturated heterocycles. The van der Waals surface area contributed by atoms with E-state index in [1.807, 2.05) is 4.90 Å². The van der Waals surface area contributed by atoms with Crippen LogP contribution in [-0.2, 0) is 4.79 Å². The smallest absolute Gasteiger partial charge is 0.240 e. The topological polar surface area (TPSA) is 23.6 Å². The zero-order chi connectivity index (χ0) is 13.2. The SMILES string of the molecule is O=C1C(Br)CCN1c1ccc(N2CCCCC2)cc1. The van der Waals surface area contributed by atoms with Crippen LogP contribution in [0.5, 0.6) is 0 Å². The maximum absolute atomic E-state index is 12.0. The minimum Gasteiger partial charge on any atom is -0.372 e. The van der Waals surface area contributed by atoms with Crippen LogP contribution in [0.15, 0.2) is 24.3 Å². The molecular weight excluding hydrogens is 304 g/mol. The van der Waals surface area contributed by atoms with Crippen LogP contribution >= 0.6 is 15.9 Å². The molecule has 1 amide bonds. The van der Waals surface area contributed by atoms with Gasteiger partial charge in [0.25, 0.3) is 0 Å². The first kappa shape index (κ1) is 13.0. The van der Waals surface area contributed by atoms with E-state index in [0.717, 1.165) is 31.7 Å². The summed E-state index contributed by atoms with van der Waals surface area (Å²) in [5, 5.41) is 0. The van der Waals surface area contributed by atoms with Crippen LogP contribution in [0.4, 0.5) is 11.4 Å². The lowest BCUT2D eigenvalue weighted by molar-refractivity contribution is -0.116. The molecule has 3 rings (SSSR count). The van der Waals surface area contributed by atoms with Gasteiger partial charge in [0, 0.05) is 31.0 Å². The largest absolute Gasteiger partial charge is 0.372 e. The molecule has 0 N–H and O–H groups in total. The average molecular weight is 323 g/mol. The molecule has 2 aliphatic rings. The first-order chi connectivity index (χ1) is 9.25. The standard InChI is InChI=1S/C15H19BrN2O/c16-14-8-11-18(15(14)19)13-6-4-12(5-7-13)17-9-2-1-3-10-17/h4-7,14H,1-3,8-11H2. The number of anilines is 2. The number of piperidine rings is 1. The van der Waals surface area contributed by atoms with Crippen LogP contribution in [0, 0.1) is 0 Å². The first-order valence-electron chi connectivity index (χ1n) is 7.06. The monoisotopic (exact) mass is 322 g/mol. The number of hydrogen-bond donors (Lipinski definition) is 0. The summed E-state index contributed by atoms with van der Waals surface area (Å²) in [7, 11) is 0. The number of alkyl halides is 1. The Kier molecular flexibility index (Phi) is 3.78. The molecule has 0 saturated carbocycles. The summed E-state index contributed by atoms with van der Waals surface area (Å²) in [6.07, 6.45) is 4.82. The summed E-state index contributed by atoms with van der Waals surface area (Å²) in [6, 6.07) is 8.45. The Balaban J connectivity index is 1.73. The minimum absolute atomic E-state index is 0.00530. The fourth-order valence-electron chi connectivity index (χ4n) is 2.90. The van der Waals surface area contributed by atoms with E-state index in [1.165, 1.54) is 24.9 Å². The Labute approximate surface area is 122 Å². The Morgan fingerprint density at radius 2 is 1.58 bits per heavy atom. The van der Waals surface area contributed by atoms with Crippen molar-refractivity contribution in [3.05, 3.63) is 24.3 Å². The van der Waals surface area contributed by atoms with E-state index in [4.69, 9.17) is 0 Å². The highest BCUT2D eigenvalue weighted by Gasteiger charge is 2.30. The lowest BCUT2D eigenvalue weighted by Gasteiger charge is -2.29. The van der Waals surface area contributed by atoms with Crippen LogP contribution in [0.1, 0.15) is 25.7 Å². The molecule has 1 aromatic carbocycles. The zero-order valence-electron chi connectivity index (χ0n) is 11.0. The van der Waals surface area contributed by atoms with Crippen molar-refractivity contribution in [3.63, 3.8) is 0 Å². The highest BCUT2D eigenvalue weighted by Crippen LogP contribution is 2.28. The van der Waals surface area contributed by atoms with E-state index in [0.29, 0.717) is 0 Å². The summed E-state index contributed by atoms with van der Waals surface area (Å²) in [5.41, 5.74) is 2.30. The zero-order valence-corrected chi connectivity index (χ0v) is 12.6. The normalized spacial score (nSPS) is 24.1. The molecule has 0 bridgehead atoms. The van der Waals surface area contributed by atoms with Gasteiger partial charge in [0.2, 0.25) is 5.91 Å². The van der Waals surface area contributed by atoms with Gasteiger partial charge in [-0.3, -0.25) is 4.79 Å². The van der Waals surface area contributed by atoms with Crippen molar-refractivity contribution < 1.29 is 4.79 Å². The van der Waals surface area contributed by atoms with Gasteiger partial charge >= 0.3 is 0 Å². The minimum atomic E-state index is -0.00530. The fraction of sp³-hybridized carbons (Fsp3) is 0.533. The predicted octanol–water partition coefficient (Wildman–Crippen LogP) is 3.18. The van der Waals surface area contributed by atoms with Gasteiger partial charge in [-0.15, -0.1) is 0 Å². The Morgan fingerprint density at radius 3 is 2.16 bits per heavy atom. The Hall–Kier alpha value is -1.03. The Bertz CT molecular complexity index is 454. The lowest BCUT2D eigenvalue weighted by atomic mass is 10.1. The molecule has 1 unspecified atom stereocenters. The average Bonchev–Trinajstić information content (AvgIpc) is 2.80. The quantitative estimate of drug-likeness (QED) is 0.781. The number of carbonyl (C=O) groups excluding carboxylic acids is 1. The number of amides is 1. The molecule has 1 aromatic rings. The van der Waals surface area contributed by atoms with Crippen molar-refractivity contribution >= 4 is 33.2 Å². The summed E-state index contributed by atoms with van der Waals surface area (Å²) < 4.78 is 0. The van der Waals surface area contributed by atoms with E-state index in [2.05, 4.69) is 45.1 Å². The van der Waals surface area contributed by atoms with Gasteiger partial charge in [-0.25, -0.2) is 0 Å². The van der Waals surface area contributed by atoms with Crippen molar-refractivity contribution in [1.29, 1.82) is 0 Å². The van der Waals surface area contributed by atoms with Crippen LogP contribution in [0.3, 0.4) is 0 Å². The van der Waals surface area contributed by atoms with E-state index in [1.54, 1.807) is 0 Å². The van der Waals surface area contributed by atoms with Crippen molar-refractivity contribution in [3.8, 4) is 0 Å². The summed E-state index contributed by atoms with van der Waals surface area (Å²) in [6.45, 7) is 3.13. The van der Waals surface area contributed by atoms with Gasteiger partial charge in [-0.2, -0.15) is 0 Å². The predicted molar refractivity (Wildman–Crippen MR) is 82.2 cm³/mol. The van der Waals surface area contributed by atoms with Crippen LogP contribution in [0.2, 0.25) is 0 Å². The molecule has 0 aromatic heterocycles. The Morgan fingerprint density at radius 1 is 0.947 bits per heavy atom. The third-order valence-corrected chi connectivity index (χ3v) is 4.87. The summed E-state index contributed by atoms with van der Waals surface area (Å²) in [4.78, 5) is 16.3. The second kappa shape index (κ2) is 5.53. The van der Waals surface area contributed by atoms with Crippen molar-refractivity contribution in [2.45, 2.75) is 30.5 Å². The van der Waals surface area contributed by atoms with Gasteiger partial charge in [0.15, 0.2) is 0 Å². The first-order valence-corrected chi connectivity index (χ1v) is 7.98. The molecule has 2 heterocycles. The van der Waals surface area contributed by atoms with Crippen LogP contribution in [0.25, 0.3) is 0 Å². The number of carbonyl (C=O) groups is 1. The molecule has 2 aliphatic heterocycles. The molecule has 2 fully saturated rings. The fourth-order valence-corrected chi connectivity index (χ4v) is 3.35. The van der Waals surface area contributed by atoms with E-state index < -0.39 is 0 Å². The number of halogens is 1. The van der Waals surface area contributed by atoms with Crippen LogP contribution in [-0.4, -0.2) is 30.4 Å². The van der Waals surface area contributed by atoms with E-state index in [-0.39, 0.29) is 10.7 Å². The number of rotatable bonds is 2. The van der Waals surface area contributed by atoms with Crippen molar-refractivity contribution in [2.24, 2.45) is 0 Å². The highest BCUT2D eigenvalue weighted by atomic mass is 79.9. The summed E-state index contributed by atoms with van der Waals surface area (Å²) >= 11 is 3.42. The molecular formula is C15H19BrN2O. The van der Waals surface area contributed by atoms with Crippen molar-refractivity contribution in [1.82, 2.24) is 0 Å². The van der Waals surface area contributed by atoms with Gasteiger partial charge in [0.05, 0.1) is 4.83 Å². The molecule has 1 atom stereocenters. The third kappa shape index (κ3) is 2.64. The van der Waals surface area contributed by atoms with E-state index in [9.17, 15) is 4.79 Å². The second-order valence-corrected chi connectivity index (χ2v) is 6.42. The number of hydrogen-bond acceptors (Lipinski definition) is 2. The highest BCUT2D eigenvalue weighted by molar-refractivity contribution is 9.10. The van der Waals surface area contributed by atoms with E-state index >= 15 is 0 Å². The van der Waals surface area contributed by atoms with Gasteiger partial charge in [-0.05, 0) is 49.9 Å². The van der Waals surface area contributed by atoms with Crippen molar-refractivity contribution in [2.75, 3.05) is 29.4 Å². The second-order valence-electron chi connectivity index (χ2n) is 5.31. The molecule has 3 nitrogen and oxygen atoms in total. The molecule has 4 heteroatoms. The van der Waals surface area contributed by atoms with Gasteiger partial charge < -0.3 is 9.80 Å². The van der Waals surface area contributed by atoms with Gasteiger partial charge in [0.1, 0.15) is 0 Å². The summed E-state index contributed by atoms with van der Waals surface area (Å²) in [5.74, 6) is 0.186. The van der Waals surface area contributed by atoms with Crippen LogP contribution < -0.4 is 9.80 Å². The molecule has 19 heavy (non-hydrogen) atoms. The maximum Gasteiger partial charge on any atom is 0.240 e. The maximum atomic E-state index is 12.0. The number of benzene rings is 1.